The summed E-state index contributed by atoms with van der Waals surface area (Å²) in [7, 11) is 0. The molecule has 16 heteroatoms. The van der Waals surface area contributed by atoms with Crippen LogP contribution < -0.4 is 21.4 Å². The molecular weight excluding hydrogens is 604 g/mol. The van der Waals surface area contributed by atoms with Crippen LogP contribution in [0.4, 0.5) is 5.69 Å². The summed E-state index contributed by atoms with van der Waals surface area (Å²) in [6.07, 6.45) is 5.19. The molecule has 242 valence electrons. The second-order valence-electron chi connectivity index (χ2n) is 11.5. The number of hydrogen-bond donors (Lipinski definition) is 5. The van der Waals surface area contributed by atoms with E-state index in [2.05, 4.69) is 41.7 Å². The summed E-state index contributed by atoms with van der Waals surface area (Å²) in [5.41, 5.74) is 8.59. The number of pyridine rings is 1. The van der Waals surface area contributed by atoms with Gasteiger partial charge in [0, 0.05) is 70.0 Å². The Labute approximate surface area is 269 Å². The number of guanidine groups is 1. The summed E-state index contributed by atoms with van der Waals surface area (Å²) < 4.78 is 0. The van der Waals surface area contributed by atoms with Crippen LogP contribution in [0.15, 0.2) is 60.0 Å². The van der Waals surface area contributed by atoms with Crippen LogP contribution in [0.1, 0.15) is 40.1 Å². The molecule has 0 unspecified atom stereocenters. The molecular formula is C31H34N12O4. The third-order valence-corrected chi connectivity index (χ3v) is 8.55. The molecule has 2 fully saturated rings. The van der Waals surface area contributed by atoms with Crippen molar-refractivity contribution in [2.45, 2.75) is 19.3 Å². The molecule has 0 spiro atoms. The van der Waals surface area contributed by atoms with E-state index < -0.39 is 11.7 Å². The van der Waals surface area contributed by atoms with Gasteiger partial charge in [-0.1, -0.05) is 18.2 Å². The topological polar surface area (TPSA) is 187 Å². The van der Waals surface area contributed by atoms with Crippen molar-refractivity contribution in [3.05, 3.63) is 66.1 Å². The lowest BCUT2D eigenvalue weighted by molar-refractivity contribution is -0.128. The largest absolute Gasteiger partial charge is 0.359 e. The van der Waals surface area contributed by atoms with Crippen molar-refractivity contribution in [2.24, 2.45) is 5.10 Å². The SMILES string of the molecule is O=C(NCCCN1CCCC1=O)c1cc(-c2nccc3c(C(=O)C(=O)N4CCN(C5=NNNN5c5ccccc5)CC4)c[nH]c23)n[nH]1. The molecule has 4 aromatic rings. The van der Waals surface area contributed by atoms with Crippen LogP contribution >= 0.6 is 0 Å². The summed E-state index contributed by atoms with van der Waals surface area (Å²) >= 11 is 0. The predicted molar refractivity (Wildman–Crippen MR) is 172 cm³/mol. The van der Waals surface area contributed by atoms with Gasteiger partial charge < -0.3 is 25.0 Å². The maximum absolute atomic E-state index is 13.5. The van der Waals surface area contributed by atoms with Gasteiger partial charge in [0.2, 0.25) is 11.9 Å². The van der Waals surface area contributed by atoms with E-state index in [0.717, 1.165) is 18.7 Å². The summed E-state index contributed by atoms with van der Waals surface area (Å²) in [6.45, 7) is 3.52. The fourth-order valence-corrected chi connectivity index (χ4v) is 6.07. The summed E-state index contributed by atoms with van der Waals surface area (Å²) in [5, 5.41) is 16.6. The van der Waals surface area contributed by atoms with Gasteiger partial charge >= 0.3 is 0 Å². The first kappa shape index (κ1) is 29.9. The average molecular weight is 639 g/mol. The molecule has 3 aliphatic rings. The Morgan fingerprint density at radius 2 is 1.83 bits per heavy atom. The summed E-state index contributed by atoms with van der Waals surface area (Å²) in [6, 6.07) is 13.0. The van der Waals surface area contributed by atoms with E-state index in [9.17, 15) is 19.2 Å². The smallest absolute Gasteiger partial charge is 0.295 e. The number of ketones is 1. The molecule has 0 saturated carbocycles. The van der Waals surface area contributed by atoms with E-state index in [0.29, 0.717) is 80.4 Å². The second-order valence-corrected chi connectivity index (χ2v) is 11.5. The van der Waals surface area contributed by atoms with Gasteiger partial charge in [-0.2, -0.15) is 5.10 Å². The van der Waals surface area contributed by atoms with Crippen molar-refractivity contribution in [1.29, 1.82) is 0 Å². The fourth-order valence-electron chi connectivity index (χ4n) is 6.07. The Balaban J connectivity index is 0.974. The number of aromatic amines is 2. The van der Waals surface area contributed by atoms with Crippen LogP contribution in [0.25, 0.3) is 22.3 Å². The van der Waals surface area contributed by atoms with E-state index in [1.54, 1.807) is 23.2 Å². The number of carbonyl (C=O) groups is 4. The van der Waals surface area contributed by atoms with Crippen molar-refractivity contribution in [2.75, 3.05) is 50.8 Å². The number of likely N-dealkylation sites (tertiary alicyclic amines) is 1. The number of hydrazone groups is 1. The summed E-state index contributed by atoms with van der Waals surface area (Å²) in [5.74, 6) is -0.680. The van der Waals surface area contributed by atoms with E-state index in [4.69, 9.17) is 0 Å². The molecule has 47 heavy (non-hydrogen) atoms. The van der Waals surface area contributed by atoms with Crippen LogP contribution in [0.5, 0.6) is 0 Å². The Bertz CT molecular complexity index is 1840. The van der Waals surface area contributed by atoms with Gasteiger partial charge in [-0.15, -0.1) is 10.6 Å². The molecule has 0 aliphatic carbocycles. The van der Waals surface area contributed by atoms with E-state index >= 15 is 0 Å². The fraction of sp³-hybridized carbons (Fsp3) is 0.323. The first-order chi connectivity index (χ1) is 23.0. The minimum Gasteiger partial charge on any atom is -0.359 e. The number of nitrogens with one attached hydrogen (secondary N) is 5. The second kappa shape index (κ2) is 12.9. The monoisotopic (exact) mass is 638 g/mol. The van der Waals surface area contributed by atoms with Gasteiger partial charge in [0.05, 0.1) is 16.8 Å². The quantitative estimate of drug-likeness (QED) is 0.0998. The van der Waals surface area contributed by atoms with Gasteiger partial charge in [-0.25, -0.2) is 10.5 Å². The molecule has 16 nitrogen and oxygen atoms in total. The lowest BCUT2D eigenvalue weighted by Crippen LogP contribution is -2.56. The number of H-pyrrole nitrogens is 2. The molecule has 3 amide bonds. The van der Waals surface area contributed by atoms with Crippen LogP contribution in [-0.4, -0.2) is 110 Å². The van der Waals surface area contributed by atoms with Crippen molar-refractivity contribution in [3.8, 4) is 11.4 Å². The molecule has 3 aromatic heterocycles. The van der Waals surface area contributed by atoms with E-state index in [-0.39, 0.29) is 23.1 Å². The highest BCUT2D eigenvalue weighted by Gasteiger charge is 2.32. The Morgan fingerprint density at radius 3 is 2.62 bits per heavy atom. The number of carbonyl (C=O) groups excluding carboxylic acids is 4. The zero-order valence-electron chi connectivity index (χ0n) is 25.5. The van der Waals surface area contributed by atoms with Crippen molar-refractivity contribution in [3.63, 3.8) is 0 Å². The Hall–Kier alpha value is -5.77. The van der Waals surface area contributed by atoms with Gasteiger partial charge in [-0.3, -0.25) is 29.3 Å². The maximum atomic E-state index is 13.5. The minimum absolute atomic E-state index is 0.162. The maximum Gasteiger partial charge on any atom is 0.295 e. The molecule has 6 heterocycles. The Kier molecular flexibility index (Phi) is 8.22. The van der Waals surface area contributed by atoms with E-state index in [1.165, 1.54) is 6.20 Å². The molecule has 2 saturated heterocycles. The highest BCUT2D eigenvalue weighted by molar-refractivity contribution is 6.45. The van der Waals surface area contributed by atoms with Gasteiger partial charge in [-0.05, 0) is 37.1 Å². The number of hydrogen-bond acceptors (Lipinski definition) is 11. The number of fused-ring (bicyclic) bond motifs is 1. The standard InChI is InChI=1S/C31H34N12O4/c44-25-8-4-12-40(25)13-5-10-33-29(46)24-18-23(35-36-24)27-26-21(9-11-32-27)22(19-34-26)28(45)30(47)41-14-16-42(17-15-41)31-37-38-39-43(31)20-6-2-1-3-7-20/h1-3,6-7,9,11,18-19,34,38-39H,4-5,8,10,12-17H2,(H,33,46)(H,35,36). The first-order valence-electron chi connectivity index (χ1n) is 15.6. The van der Waals surface area contributed by atoms with E-state index in [1.807, 2.05) is 45.1 Å². The van der Waals surface area contributed by atoms with Gasteiger partial charge in [0.15, 0.2) is 0 Å². The third-order valence-electron chi connectivity index (χ3n) is 8.55. The number of hydrazine groups is 2. The van der Waals surface area contributed by atoms with Crippen molar-refractivity contribution < 1.29 is 19.2 Å². The lowest BCUT2D eigenvalue weighted by atomic mass is 10.1. The molecule has 5 N–H and O–H groups in total. The number of anilines is 1. The predicted octanol–water partition coefficient (Wildman–Crippen LogP) is 0.823. The molecule has 0 atom stereocenters. The number of para-hydroxylation sites is 1. The highest BCUT2D eigenvalue weighted by Crippen LogP contribution is 2.28. The third kappa shape index (κ3) is 5.97. The number of rotatable bonds is 9. The van der Waals surface area contributed by atoms with Crippen molar-refractivity contribution >= 4 is 46.1 Å². The number of amides is 3. The van der Waals surface area contributed by atoms with Crippen molar-refractivity contribution in [1.82, 2.24) is 51.3 Å². The zero-order valence-corrected chi connectivity index (χ0v) is 25.5. The number of nitrogens with zero attached hydrogens (tertiary/aromatic N) is 7. The number of Topliss-reactive ketones (excluding diaryl/α,β-unsaturated/α-hetero) is 1. The summed E-state index contributed by atoms with van der Waals surface area (Å²) in [4.78, 5) is 64.3. The zero-order chi connectivity index (χ0) is 32.3. The van der Waals surface area contributed by atoms with Gasteiger partial charge in [0.1, 0.15) is 17.1 Å². The first-order valence-corrected chi connectivity index (χ1v) is 15.6. The van der Waals surface area contributed by atoms with Crippen LogP contribution in [0.2, 0.25) is 0 Å². The van der Waals surface area contributed by atoms with Crippen LogP contribution in [-0.2, 0) is 9.59 Å². The molecule has 3 aliphatic heterocycles. The number of aromatic nitrogens is 4. The number of benzene rings is 1. The van der Waals surface area contributed by atoms with Crippen LogP contribution in [0.3, 0.4) is 0 Å². The number of piperazine rings is 1. The molecule has 1 aromatic carbocycles. The normalized spacial score (nSPS) is 16.5. The van der Waals surface area contributed by atoms with Gasteiger partial charge in [0.25, 0.3) is 17.6 Å². The molecule has 7 rings (SSSR count). The lowest BCUT2D eigenvalue weighted by Gasteiger charge is -2.37. The van der Waals surface area contributed by atoms with Crippen LogP contribution in [0, 0.1) is 0 Å². The minimum atomic E-state index is -0.618. The molecule has 0 radical (unpaired) electrons. The Morgan fingerprint density at radius 1 is 1.00 bits per heavy atom. The average Bonchev–Trinajstić information content (AvgIpc) is 3.93. The molecule has 0 bridgehead atoms. The highest BCUT2D eigenvalue weighted by atomic mass is 16.2.